The quantitative estimate of drug-likeness (QED) is 0.553. The Kier molecular flexibility index (Phi) is 7.50. The summed E-state index contributed by atoms with van der Waals surface area (Å²) in [5, 5.41) is 0. The molecule has 0 radical (unpaired) electrons. The molecule has 0 atom stereocenters. The SMILES string of the molecule is CCOC(=O)CCCOc1ccc(CCN)cc1OC. The van der Waals surface area contributed by atoms with E-state index in [-0.39, 0.29) is 5.97 Å². The minimum atomic E-state index is -0.193. The monoisotopic (exact) mass is 281 g/mol. The molecule has 0 saturated heterocycles. The van der Waals surface area contributed by atoms with Gasteiger partial charge in [0.2, 0.25) is 0 Å². The number of carbonyl (C=O) groups is 1. The lowest BCUT2D eigenvalue weighted by Gasteiger charge is -2.12. The fraction of sp³-hybridized carbons (Fsp3) is 0.533. The van der Waals surface area contributed by atoms with Gasteiger partial charge in [-0.15, -0.1) is 0 Å². The summed E-state index contributed by atoms with van der Waals surface area (Å²) >= 11 is 0. The van der Waals surface area contributed by atoms with E-state index < -0.39 is 0 Å². The first-order valence-electron chi connectivity index (χ1n) is 6.86. The predicted molar refractivity (Wildman–Crippen MR) is 77.1 cm³/mol. The maximum atomic E-state index is 11.2. The van der Waals surface area contributed by atoms with Crippen molar-refractivity contribution in [2.24, 2.45) is 5.73 Å². The number of rotatable bonds is 9. The van der Waals surface area contributed by atoms with Crippen LogP contribution in [0, 0.1) is 0 Å². The van der Waals surface area contributed by atoms with E-state index >= 15 is 0 Å². The van der Waals surface area contributed by atoms with Crippen LogP contribution in [0.1, 0.15) is 25.3 Å². The van der Waals surface area contributed by atoms with E-state index in [0.29, 0.717) is 44.1 Å². The maximum Gasteiger partial charge on any atom is 0.305 e. The zero-order valence-electron chi connectivity index (χ0n) is 12.2. The molecular formula is C15H23NO4. The number of hydrogen-bond acceptors (Lipinski definition) is 5. The lowest BCUT2D eigenvalue weighted by atomic mass is 10.1. The Bertz CT molecular complexity index is 420. The van der Waals surface area contributed by atoms with Gasteiger partial charge in [0.05, 0.1) is 20.3 Å². The first kappa shape index (κ1) is 16.3. The van der Waals surface area contributed by atoms with Gasteiger partial charge >= 0.3 is 5.97 Å². The maximum absolute atomic E-state index is 11.2. The van der Waals surface area contributed by atoms with Crippen molar-refractivity contribution in [3.63, 3.8) is 0 Å². The van der Waals surface area contributed by atoms with Gasteiger partial charge in [-0.25, -0.2) is 0 Å². The molecule has 0 spiro atoms. The number of methoxy groups -OCH3 is 1. The van der Waals surface area contributed by atoms with Crippen molar-refractivity contribution < 1.29 is 19.0 Å². The Morgan fingerprint density at radius 2 is 2.10 bits per heavy atom. The predicted octanol–water partition coefficient (Wildman–Crippen LogP) is 1.92. The fourth-order valence-electron chi connectivity index (χ4n) is 1.79. The van der Waals surface area contributed by atoms with Crippen molar-refractivity contribution in [2.45, 2.75) is 26.2 Å². The van der Waals surface area contributed by atoms with Crippen LogP contribution < -0.4 is 15.2 Å². The summed E-state index contributed by atoms with van der Waals surface area (Å²) in [5.41, 5.74) is 6.64. The Morgan fingerprint density at radius 3 is 2.75 bits per heavy atom. The average molecular weight is 281 g/mol. The number of nitrogens with two attached hydrogens (primary N) is 1. The van der Waals surface area contributed by atoms with Gasteiger partial charge in [-0.2, -0.15) is 0 Å². The molecular weight excluding hydrogens is 258 g/mol. The van der Waals surface area contributed by atoms with Gasteiger partial charge in [0, 0.05) is 6.42 Å². The van der Waals surface area contributed by atoms with Gasteiger partial charge < -0.3 is 19.9 Å². The summed E-state index contributed by atoms with van der Waals surface area (Å²) in [7, 11) is 1.60. The average Bonchev–Trinajstić information content (AvgIpc) is 2.45. The number of ether oxygens (including phenoxy) is 3. The van der Waals surface area contributed by atoms with Crippen LogP contribution >= 0.6 is 0 Å². The zero-order chi connectivity index (χ0) is 14.8. The summed E-state index contributed by atoms with van der Waals surface area (Å²) in [6.45, 7) is 3.26. The van der Waals surface area contributed by atoms with Crippen molar-refractivity contribution in [3.8, 4) is 11.5 Å². The normalized spacial score (nSPS) is 10.2. The van der Waals surface area contributed by atoms with Crippen molar-refractivity contribution in [1.29, 1.82) is 0 Å². The molecule has 0 aliphatic heterocycles. The highest BCUT2D eigenvalue weighted by Crippen LogP contribution is 2.28. The first-order valence-corrected chi connectivity index (χ1v) is 6.86. The fourth-order valence-corrected chi connectivity index (χ4v) is 1.79. The molecule has 1 rings (SSSR count). The highest BCUT2D eigenvalue weighted by molar-refractivity contribution is 5.69. The van der Waals surface area contributed by atoms with E-state index in [0.717, 1.165) is 12.0 Å². The second kappa shape index (κ2) is 9.20. The summed E-state index contributed by atoms with van der Waals surface area (Å²) in [4.78, 5) is 11.2. The number of carbonyl (C=O) groups excluding carboxylic acids is 1. The molecule has 0 aliphatic rings. The van der Waals surface area contributed by atoms with E-state index in [9.17, 15) is 4.79 Å². The molecule has 0 bridgehead atoms. The Hall–Kier alpha value is -1.75. The van der Waals surface area contributed by atoms with Gasteiger partial charge in [0.1, 0.15) is 0 Å². The van der Waals surface area contributed by atoms with Gasteiger partial charge in [0.15, 0.2) is 11.5 Å². The highest BCUT2D eigenvalue weighted by Gasteiger charge is 2.07. The van der Waals surface area contributed by atoms with Crippen LogP contribution in [0.5, 0.6) is 11.5 Å². The standard InChI is InChI=1S/C15H23NO4/c1-3-19-15(17)5-4-10-20-13-7-6-12(8-9-16)11-14(13)18-2/h6-7,11H,3-5,8-10,16H2,1-2H3. The molecule has 0 fully saturated rings. The second-order valence-electron chi connectivity index (χ2n) is 4.28. The van der Waals surface area contributed by atoms with E-state index in [1.807, 2.05) is 18.2 Å². The number of esters is 1. The number of hydrogen-bond donors (Lipinski definition) is 1. The summed E-state index contributed by atoms with van der Waals surface area (Å²) < 4.78 is 15.8. The van der Waals surface area contributed by atoms with E-state index in [2.05, 4.69) is 0 Å². The smallest absolute Gasteiger partial charge is 0.305 e. The topological polar surface area (TPSA) is 70.8 Å². The van der Waals surface area contributed by atoms with Crippen molar-refractivity contribution in [2.75, 3.05) is 26.9 Å². The van der Waals surface area contributed by atoms with E-state index in [1.54, 1.807) is 14.0 Å². The minimum absolute atomic E-state index is 0.193. The van der Waals surface area contributed by atoms with Gasteiger partial charge in [0.25, 0.3) is 0 Å². The van der Waals surface area contributed by atoms with Crippen molar-refractivity contribution in [3.05, 3.63) is 23.8 Å². The second-order valence-corrected chi connectivity index (χ2v) is 4.28. The van der Waals surface area contributed by atoms with Crippen molar-refractivity contribution >= 4 is 5.97 Å². The molecule has 1 aromatic carbocycles. The molecule has 5 heteroatoms. The highest BCUT2D eigenvalue weighted by atomic mass is 16.5. The van der Waals surface area contributed by atoms with Gasteiger partial charge in [-0.1, -0.05) is 6.07 Å². The molecule has 112 valence electrons. The summed E-state index contributed by atoms with van der Waals surface area (Å²) in [5.74, 6) is 1.17. The molecule has 20 heavy (non-hydrogen) atoms. The summed E-state index contributed by atoms with van der Waals surface area (Å²) in [6.07, 6.45) is 1.79. The van der Waals surface area contributed by atoms with Crippen LogP contribution in [-0.4, -0.2) is 32.8 Å². The minimum Gasteiger partial charge on any atom is -0.493 e. The number of benzene rings is 1. The zero-order valence-corrected chi connectivity index (χ0v) is 12.2. The van der Waals surface area contributed by atoms with Gasteiger partial charge in [-0.05, 0) is 44.0 Å². The third kappa shape index (κ3) is 5.48. The Morgan fingerprint density at radius 1 is 1.30 bits per heavy atom. The molecule has 5 nitrogen and oxygen atoms in total. The molecule has 0 aromatic heterocycles. The molecule has 0 heterocycles. The van der Waals surface area contributed by atoms with Crippen LogP contribution in [0.3, 0.4) is 0 Å². The molecule has 0 unspecified atom stereocenters. The van der Waals surface area contributed by atoms with Gasteiger partial charge in [-0.3, -0.25) is 4.79 Å². The third-order valence-electron chi connectivity index (χ3n) is 2.75. The van der Waals surface area contributed by atoms with Crippen LogP contribution in [-0.2, 0) is 16.0 Å². The van der Waals surface area contributed by atoms with Crippen LogP contribution in [0.2, 0.25) is 0 Å². The van der Waals surface area contributed by atoms with Crippen LogP contribution in [0.15, 0.2) is 18.2 Å². The third-order valence-corrected chi connectivity index (χ3v) is 2.75. The van der Waals surface area contributed by atoms with Crippen LogP contribution in [0.25, 0.3) is 0 Å². The molecule has 2 N–H and O–H groups in total. The molecule has 0 aliphatic carbocycles. The lowest BCUT2D eigenvalue weighted by molar-refractivity contribution is -0.143. The van der Waals surface area contributed by atoms with Crippen LogP contribution in [0.4, 0.5) is 0 Å². The Labute approximate surface area is 120 Å². The summed E-state index contributed by atoms with van der Waals surface area (Å²) in [6, 6.07) is 5.76. The van der Waals surface area contributed by atoms with Crippen molar-refractivity contribution in [1.82, 2.24) is 0 Å². The van der Waals surface area contributed by atoms with E-state index in [4.69, 9.17) is 19.9 Å². The molecule has 1 aromatic rings. The Balaban J connectivity index is 2.45. The first-order chi connectivity index (χ1) is 9.71. The molecule has 0 amide bonds. The van der Waals surface area contributed by atoms with E-state index in [1.165, 1.54) is 0 Å². The lowest BCUT2D eigenvalue weighted by Crippen LogP contribution is -2.07. The molecule has 0 saturated carbocycles. The largest absolute Gasteiger partial charge is 0.493 e.